The molecule has 0 aromatic heterocycles. The fraction of sp³-hybridized carbons (Fsp3) is 0.462. The zero-order valence-corrected chi connectivity index (χ0v) is 12.3. The van der Waals surface area contributed by atoms with Crippen LogP contribution >= 0.6 is 0 Å². The number of piperidine rings is 1. The van der Waals surface area contributed by atoms with Gasteiger partial charge in [-0.15, -0.1) is 0 Å². The van der Waals surface area contributed by atoms with E-state index in [0.717, 1.165) is 18.4 Å². The van der Waals surface area contributed by atoms with Crippen LogP contribution in [-0.4, -0.2) is 38.0 Å². The number of carbonyl (C=O) groups excluding carboxylic acids is 1. The molecule has 21 heavy (non-hydrogen) atoms. The van der Waals surface area contributed by atoms with E-state index >= 15 is 0 Å². The standard InChI is InChI=1S/C13H16F2N2O3S/c1-21(19,20)17-6-2-3-9(8-17)13(18)16-10-4-5-11(14)12(15)7-10/h4-5,7,9H,2-3,6,8H2,1H3,(H,16,18)/t9-/m0/s1. The van der Waals surface area contributed by atoms with Crippen LogP contribution in [-0.2, 0) is 14.8 Å². The minimum Gasteiger partial charge on any atom is -0.326 e. The van der Waals surface area contributed by atoms with E-state index in [1.54, 1.807) is 0 Å². The molecule has 1 N–H and O–H groups in total. The number of nitrogens with one attached hydrogen (secondary N) is 1. The molecule has 8 heteroatoms. The van der Waals surface area contributed by atoms with Gasteiger partial charge in [-0.3, -0.25) is 4.79 Å². The van der Waals surface area contributed by atoms with Gasteiger partial charge in [-0.1, -0.05) is 0 Å². The predicted octanol–water partition coefficient (Wildman–Crippen LogP) is 1.57. The van der Waals surface area contributed by atoms with Crippen molar-refractivity contribution in [3.05, 3.63) is 29.8 Å². The smallest absolute Gasteiger partial charge is 0.228 e. The summed E-state index contributed by atoms with van der Waals surface area (Å²) in [7, 11) is -3.33. The highest BCUT2D eigenvalue weighted by Crippen LogP contribution is 2.21. The van der Waals surface area contributed by atoms with Crippen molar-refractivity contribution < 1.29 is 22.0 Å². The van der Waals surface area contributed by atoms with Gasteiger partial charge in [0.05, 0.1) is 12.2 Å². The third-order valence-electron chi connectivity index (χ3n) is 3.41. The first-order valence-corrected chi connectivity index (χ1v) is 8.33. The summed E-state index contributed by atoms with van der Waals surface area (Å²) in [6.07, 6.45) is 2.24. The number of nitrogens with zero attached hydrogens (tertiary/aromatic N) is 1. The fourth-order valence-corrected chi connectivity index (χ4v) is 3.19. The predicted molar refractivity (Wildman–Crippen MR) is 74.1 cm³/mol. The molecule has 1 fully saturated rings. The van der Waals surface area contributed by atoms with E-state index in [1.165, 1.54) is 10.4 Å². The number of anilines is 1. The molecule has 0 unspecified atom stereocenters. The average molecular weight is 318 g/mol. The maximum atomic E-state index is 13.1. The monoisotopic (exact) mass is 318 g/mol. The Hall–Kier alpha value is -1.54. The van der Waals surface area contributed by atoms with Gasteiger partial charge < -0.3 is 5.32 Å². The summed E-state index contributed by atoms with van der Waals surface area (Å²) in [5.74, 6) is -2.93. The van der Waals surface area contributed by atoms with Gasteiger partial charge in [0, 0.05) is 24.8 Å². The molecule has 0 bridgehead atoms. The highest BCUT2D eigenvalue weighted by atomic mass is 32.2. The molecule has 0 aliphatic carbocycles. The fourth-order valence-electron chi connectivity index (χ4n) is 2.28. The van der Waals surface area contributed by atoms with E-state index in [1.807, 2.05) is 0 Å². The minimum atomic E-state index is -3.33. The number of benzene rings is 1. The Morgan fingerprint density at radius 1 is 1.33 bits per heavy atom. The van der Waals surface area contributed by atoms with E-state index in [9.17, 15) is 22.0 Å². The van der Waals surface area contributed by atoms with Crippen LogP contribution in [0.15, 0.2) is 18.2 Å². The van der Waals surface area contributed by atoms with Gasteiger partial charge >= 0.3 is 0 Å². The Morgan fingerprint density at radius 2 is 2.05 bits per heavy atom. The highest BCUT2D eigenvalue weighted by Gasteiger charge is 2.30. The Labute approximate surface area is 122 Å². The lowest BCUT2D eigenvalue weighted by Crippen LogP contribution is -2.43. The third-order valence-corrected chi connectivity index (χ3v) is 4.68. The Morgan fingerprint density at radius 3 is 2.67 bits per heavy atom. The summed E-state index contributed by atoms with van der Waals surface area (Å²) in [5.41, 5.74) is 0.148. The molecule has 1 aliphatic rings. The molecule has 1 saturated heterocycles. The van der Waals surface area contributed by atoms with Crippen LogP contribution in [0.1, 0.15) is 12.8 Å². The van der Waals surface area contributed by atoms with Gasteiger partial charge in [0.1, 0.15) is 0 Å². The highest BCUT2D eigenvalue weighted by molar-refractivity contribution is 7.88. The average Bonchev–Trinajstić information content (AvgIpc) is 2.42. The number of halogens is 2. The lowest BCUT2D eigenvalue weighted by Gasteiger charge is -2.30. The van der Waals surface area contributed by atoms with Crippen LogP contribution in [0, 0.1) is 17.6 Å². The first-order valence-electron chi connectivity index (χ1n) is 6.48. The Balaban J connectivity index is 2.04. The van der Waals surface area contributed by atoms with Gasteiger partial charge in [0.15, 0.2) is 11.6 Å². The van der Waals surface area contributed by atoms with Crippen LogP contribution in [0.3, 0.4) is 0 Å². The molecule has 5 nitrogen and oxygen atoms in total. The van der Waals surface area contributed by atoms with Crippen LogP contribution < -0.4 is 5.32 Å². The lowest BCUT2D eigenvalue weighted by molar-refractivity contribution is -0.120. The van der Waals surface area contributed by atoms with Crippen molar-refractivity contribution in [1.29, 1.82) is 0 Å². The maximum absolute atomic E-state index is 13.1. The zero-order valence-electron chi connectivity index (χ0n) is 11.5. The molecular weight excluding hydrogens is 302 g/mol. The second kappa shape index (κ2) is 6.07. The van der Waals surface area contributed by atoms with E-state index < -0.39 is 33.5 Å². The van der Waals surface area contributed by atoms with Crippen LogP contribution in [0.2, 0.25) is 0 Å². The molecule has 2 rings (SSSR count). The summed E-state index contributed by atoms with van der Waals surface area (Å²) in [4.78, 5) is 12.1. The number of carbonyl (C=O) groups is 1. The summed E-state index contributed by atoms with van der Waals surface area (Å²) >= 11 is 0. The molecule has 1 aromatic rings. The summed E-state index contributed by atoms with van der Waals surface area (Å²) in [5, 5.41) is 2.48. The van der Waals surface area contributed by atoms with Gasteiger partial charge in [-0.2, -0.15) is 0 Å². The number of amides is 1. The van der Waals surface area contributed by atoms with Crippen LogP contribution in [0.25, 0.3) is 0 Å². The molecule has 1 atom stereocenters. The molecule has 1 aromatic carbocycles. The first-order chi connectivity index (χ1) is 9.77. The Kier molecular flexibility index (Phi) is 4.58. The maximum Gasteiger partial charge on any atom is 0.228 e. The van der Waals surface area contributed by atoms with Gasteiger partial charge in [-0.25, -0.2) is 21.5 Å². The molecule has 116 valence electrons. The number of rotatable bonds is 3. The van der Waals surface area contributed by atoms with Crippen molar-refractivity contribution in [2.75, 3.05) is 24.7 Å². The van der Waals surface area contributed by atoms with Crippen molar-refractivity contribution in [2.45, 2.75) is 12.8 Å². The second-order valence-electron chi connectivity index (χ2n) is 5.08. The first kappa shape index (κ1) is 15.8. The molecule has 1 aliphatic heterocycles. The molecule has 0 spiro atoms. The van der Waals surface area contributed by atoms with Gasteiger partial charge in [0.2, 0.25) is 15.9 Å². The SMILES string of the molecule is CS(=O)(=O)N1CCC[C@H](C(=O)Nc2ccc(F)c(F)c2)C1. The van der Waals surface area contributed by atoms with Crippen molar-refractivity contribution in [3.63, 3.8) is 0 Å². The van der Waals surface area contributed by atoms with Crippen molar-refractivity contribution >= 4 is 21.6 Å². The third kappa shape index (κ3) is 3.98. The zero-order chi connectivity index (χ0) is 15.6. The molecule has 0 radical (unpaired) electrons. The molecule has 0 saturated carbocycles. The second-order valence-corrected chi connectivity index (χ2v) is 7.06. The summed E-state index contributed by atoms with van der Waals surface area (Å²) in [6, 6.07) is 3.08. The van der Waals surface area contributed by atoms with E-state index in [2.05, 4.69) is 5.32 Å². The Bertz CT molecular complexity index is 649. The van der Waals surface area contributed by atoms with E-state index in [0.29, 0.717) is 19.4 Å². The topological polar surface area (TPSA) is 66.5 Å². The van der Waals surface area contributed by atoms with Gasteiger partial charge in [0.25, 0.3) is 0 Å². The van der Waals surface area contributed by atoms with E-state index in [-0.39, 0.29) is 12.2 Å². The van der Waals surface area contributed by atoms with Crippen LogP contribution in [0.4, 0.5) is 14.5 Å². The number of sulfonamides is 1. The normalized spacial score (nSPS) is 20.2. The van der Waals surface area contributed by atoms with Crippen LogP contribution in [0.5, 0.6) is 0 Å². The van der Waals surface area contributed by atoms with Gasteiger partial charge in [-0.05, 0) is 25.0 Å². The summed E-state index contributed by atoms with van der Waals surface area (Å²) < 4.78 is 50.1. The minimum absolute atomic E-state index is 0.105. The van der Waals surface area contributed by atoms with Crippen molar-refractivity contribution in [2.24, 2.45) is 5.92 Å². The number of hydrogen-bond donors (Lipinski definition) is 1. The lowest BCUT2D eigenvalue weighted by atomic mass is 9.98. The largest absolute Gasteiger partial charge is 0.326 e. The molecular formula is C13H16F2N2O3S. The quantitative estimate of drug-likeness (QED) is 0.920. The van der Waals surface area contributed by atoms with E-state index in [4.69, 9.17) is 0 Å². The molecule has 1 heterocycles. The molecule has 1 amide bonds. The van der Waals surface area contributed by atoms with Crippen molar-refractivity contribution in [3.8, 4) is 0 Å². The number of hydrogen-bond acceptors (Lipinski definition) is 3. The van der Waals surface area contributed by atoms with Crippen molar-refractivity contribution in [1.82, 2.24) is 4.31 Å². The summed E-state index contributed by atoms with van der Waals surface area (Å²) in [6.45, 7) is 0.502.